The van der Waals surface area contributed by atoms with Gasteiger partial charge in [-0.05, 0) is 26.0 Å². The van der Waals surface area contributed by atoms with Gasteiger partial charge in [0.1, 0.15) is 0 Å². The number of aryl methyl sites for hydroxylation is 1. The van der Waals surface area contributed by atoms with Crippen LogP contribution in [0.2, 0.25) is 0 Å². The average Bonchev–Trinajstić information content (AvgIpc) is 2.68. The van der Waals surface area contributed by atoms with Crippen LogP contribution in [-0.4, -0.2) is 9.55 Å². The van der Waals surface area contributed by atoms with Crippen LogP contribution >= 0.6 is 0 Å². The van der Waals surface area contributed by atoms with Crippen molar-refractivity contribution in [2.75, 3.05) is 0 Å². The lowest BCUT2D eigenvalue weighted by Gasteiger charge is -2.02. The predicted octanol–water partition coefficient (Wildman–Crippen LogP) is 2.20. The van der Waals surface area contributed by atoms with Gasteiger partial charge in [-0.25, -0.2) is 4.98 Å². The van der Waals surface area contributed by atoms with Crippen LogP contribution in [0, 0.1) is 6.92 Å². The van der Waals surface area contributed by atoms with Crippen molar-refractivity contribution in [1.82, 2.24) is 9.55 Å². The third-order valence-electron chi connectivity index (χ3n) is 2.40. The maximum absolute atomic E-state index is 5.75. The van der Waals surface area contributed by atoms with Crippen LogP contribution in [0.3, 0.4) is 0 Å². The van der Waals surface area contributed by atoms with Gasteiger partial charge in [-0.15, -0.1) is 0 Å². The van der Waals surface area contributed by atoms with Gasteiger partial charge in [-0.2, -0.15) is 0 Å². The molecule has 3 heteroatoms. The third kappa shape index (κ3) is 2.07. The molecule has 2 rings (SSSR count). The van der Waals surface area contributed by atoms with Gasteiger partial charge < -0.3 is 10.3 Å². The maximum atomic E-state index is 5.75. The fraction of sp³-hybridized carbons (Fsp3) is 0.250. The third-order valence-corrected chi connectivity index (χ3v) is 2.40. The second-order valence-corrected chi connectivity index (χ2v) is 3.83. The lowest BCUT2D eigenvalue weighted by Crippen LogP contribution is -2.04. The highest BCUT2D eigenvalue weighted by Crippen LogP contribution is 2.12. The van der Waals surface area contributed by atoms with Gasteiger partial charge in [0.15, 0.2) is 0 Å². The molecule has 78 valence electrons. The van der Waals surface area contributed by atoms with Gasteiger partial charge in [0, 0.05) is 17.9 Å². The fourth-order valence-electron chi connectivity index (χ4n) is 1.43. The molecule has 0 saturated carbocycles. The summed E-state index contributed by atoms with van der Waals surface area (Å²) in [6, 6.07) is 8.29. The maximum Gasteiger partial charge on any atom is 0.0995 e. The molecule has 3 nitrogen and oxygen atoms in total. The zero-order valence-electron chi connectivity index (χ0n) is 9.01. The first-order valence-corrected chi connectivity index (χ1v) is 5.03. The molecule has 2 aromatic rings. The van der Waals surface area contributed by atoms with Crippen LogP contribution in [0.4, 0.5) is 0 Å². The lowest BCUT2D eigenvalue weighted by molar-refractivity contribution is 0.788. The summed E-state index contributed by atoms with van der Waals surface area (Å²) in [5.74, 6) is 0. The average molecular weight is 201 g/mol. The summed E-state index contributed by atoms with van der Waals surface area (Å²) >= 11 is 0. The van der Waals surface area contributed by atoms with E-state index < -0.39 is 0 Å². The zero-order valence-corrected chi connectivity index (χ0v) is 9.01. The Morgan fingerprint density at radius 1 is 1.27 bits per heavy atom. The van der Waals surface area contributed by atoms with E-state index in [-0.39, 0.29) is 6.04 Å². The highest BCUT2D eigenvalue weighted by atomic mass is 15.0. The minimum Gasteiger partial charge on any atom is -0.323 e. The van der Waals surface area contributed by atoms with Crippen LogP contribution in [0.1, 0.15) is 24.2 Å². The topological polar surface area (TPSA) is 43.8 Å². The standard InChI is InChI=1S/C12H15N3/c1-9-3-5-11(6-4-9)15-7-12(10(2)13)14-8-15/h3-8,10H,13H2,1-2H3/t10-/m0/s1. The SMILES string of the molecule is Cc1ccc(-n2cnc([C@H](C)N)c2)cc1. The Morgan fingerprint density at radius 3 is 2.47 bits per heavy atom. The van der Waals surface area contributed by atoms with Gasteiger partial charge >= 0.3 is 0 Å². The summed E-state index contributed by atoms with van der Waals surface area (Å²) in [7, 11) is 0. The first-order valence-electron chi connectivity index (χ1n) is 5.03. The smallest absolute Gasteiger partial charge is 0.0995 e. The molecule has 0 aliphatic heterocycles. The van der Waals surface area contributed by atoms with Gasteiger partial charge in [-0.3, -0.25) is 0 Å². The van der Waals surface area contributed by atoms with Crippen LogP contribution in [0.5, 0.6) is 0 Å². The predicted molar refractivity (Wildman–Crippen MR) is 60.9 cm³/mol. The fourth-order valence-corrected chi connectivity index (χ4v) is 1.43. The largest absolute Gasteiger partial charge is 0.323 e. The Bertz CT molecular complexity index is 440. The number of nitrogens with two attached hydrogens (primary N) is 1. The van der Waals surface area contributed by atoms with E-state index in [4.69, 9.17) is 5.73 Å². The molecule has 0 aliphatic rings. The van der Waals surface area contributed by atoms with Crippen molar-refractivity contribution in [2.45, 2.75) is 19.9 Å². The summed E-state index contributed by atoms with van der Waals surface area (Å²) in [5.41, 5.74) is 9.03. The summed E-state index contributed by atoms with van der Waals surface area (Å²) in [5, 5.41) is 0. The van der Waals surface area contributed by atoms with Crippen LogP contribution < -0.4 is 5.73 Å². The van der Waals surface area contributed by atoms with Crippen molar-refractivity contribution >= 4 is 0 Å². The second kappa shape index (κ2) is 3.87. The van der Waals surface area contributed by atoms with E-state index in [0.29, 0.717) is 0 Å². The quantitative estimate of drug-likeness (QED) is 0.809. The molecule has 0 radical (unpaired) electrons. The molecular weight excluding hydrogens is 186 g/mol. The van der Waals surface area contributed by atoms with E-state index in [2.05, 4.69) is 36.2 Å². The van der Waals surface area contributed by atoms with Crippen molar-refractivity contribution < 1.29 is 0 Å². The molecule has 0 unspecified atom stereocenters. The molecule has 0 aliphatic carbocycles. The van der Waals surface area contributed by atoms with Crippen molar-refractivity contribution in [3.8, 4) is 5.69 Å². The van der Waals surface area contributed by atoms with Crippen LogP contribution in [0.15, 0.2) is 36.8 Å². The Balaban J connectivity index is 2.33. The summed E-state index contributed by atoms with van der Waals surface area (Å²) in [6.07, 6.45) is 3.76. The van der Waals surface area contributed by atoms with Gasteiger partial charge in [-0.1, -0.05) is 17.7 Å². The van der Waals surface area contributed by atoms with Gasteiger partial charge in [0.2, 0.25) is 0 Å². The molecular formula is C12H15N3. The molecule has 0 saturated heterocycles. The Hall–Kier alpha value is -1.61. The number of rotatable bonds is 2. The first-order chi connectivity index (χ1) is 7.16. The number of benzene rings is 1. The van der Waals surface area contributed by atoms with E-state index in [1.807, 2.05) is 17.7 Å². The lowest BCUT2D eigenvalue weighted by atomic mass is 10.2. The Kier molecular flexibility index (Phi) is 2.56. The molecule has 0 spiro atoms. The van der Waals surface area contributed by atoms with Crippen LogP contribution in [0.25, 0.3) is 5.69 Å². The molecule has 1 aromatic carbocycles. The van der Waals surface area contributed by atoms with E-state index in [9.17, 15) is 0 Å². The monoisotopic (exact) mass is 201 g/mol. The van der Waals surface area contributed by atoms with Gasteiger partial charge in [0.25, 0.3) is 0 Å². The Morgan fingerprint density at radius 2 is 1.93 bits per heavy atom. The highest BCUT2D eigenvalue weighted by Gasteiger charge is 2.04. The molecule has 1 atom stereocenters. The minimum absolute atomic E-state index is 0.0169. The van der Waals surface area contributed by atoms with E-state index in [0.717, 1.165) is 11.4 Å². The summed E-state index contributed by atoms with van der Waals surface area (Å²) in [6.45, 7) is 4.01. The molecule has 15 heavy (non-hydrogen) atoms. The number of nitrogens with zero attached hydrogens (tertiary/aromatic N) is 2. The number of aromatic nitrogens is 2. The molecule has 0 bridgehead atoms. The summed E-state index contributed by atoms with van der Waals surface area (Å²) < 4.78 is 1.98. The van der Waals surface area contributed by atoms with Crippen molar-refractivity contribution in [3.05, 3.63) is 48.0 Å². The van der Waals surface area contributed by atoms with Crippen molar-refractivity contribution in [1.29, 1.82) is 0 Å². The van der Waals surface area contributed by atoms with Crippen molar-refractivity contribution in [2.24, 2.45) is 5.73 Å². The molecule has 0 fully saturated rings. The number of hydrogen-bond acceptors (Lipinski definition) is 2. The molecule has 2 N–H and O–H groups in total. The Labute approximate surface area is 89.6 Å². The molecule has 1 aromatic heterocycles. The number of imidazole rings is 1. The van der Waals surface area contributed by atoms with E-state index in [1.54, 1.807) is 6.33 Å². The van der Waals surface area contributed by atoms with Crippen molar-refractivity contribution in [3.63, 3.8) is 0 Å². The normalized spacial score (nSPS) is 12.7. The molecule has 0 amide bonds. The zero-order chi connectivity index (χ0) is 10.8. The minimum atomic E-state index is -0.0169. The van der Waals surface area contributed by atoms with Crippen LogP contribution in [-0.2, 0) is 0 Å². The van der Waals surface area contributed by atoms with E-state index >= 15 is 0 Å². The second-order valence-electron chi connectivity index (χ2n) is 3.83. The first kappa shape index (κ1) is 9.93. The number of hydrogen-bond donors (Lipinski definition) is 1. The molecule has 1 heterocycles. The van der Waals surface area contributed by atoms with E-state index in [1.165, 1.54) is 5.56 Å². The van der Waals surface area contributed by atoms with Gasteiger partial charge in [0.05, 0.1) is 12.0 Å². The highest BCUT2D eigenvalue weighted by molar-refractivity contribution is 5.34. The summed E-state index contributed by atoms with van der Waals surface area (Å²) in [4.78, 5) is 4.25.